The van der Waals surface area contributed by atoms with Gasteiger partial charge >= 0.3 is 59.1 Å². The molecule has 244 valence electrons. The molecule has 0 bridgehead atoms. The van der Waals surface area contributed by atoms with Crippen molar-refractivity contribution in [1.82, 2.24) is 14.9 Å². The smallest absolute Gasteiger partial charge is 0.691 e. The van der Waals surface area contributed by atoms with E-state index in [0.717, 1.165) is 36.3 Å². The zero-order valence-corrected chi connectivity index (χ0v) is 33.4. The number of rotatable bonds is 10. The van der Waals surface area contributed by atoms with E-state index in [2.05, 4.69) is 74.0 Å². The standard InChI is InChI=1S/C31H31N7O7S2.2Na/c1-31(2,3)27-26(32-22-11-12-25-19(14-22)6-5-13-37(25)4)29-34-28(36-38(29)35-27)18-7-9-21(10-8-18)33-30(39)20-15-23(46-44-42-40)17-24(16-20)47-45-43-41;;/h7-12,14-17,40-41H,5-6,13H2,1-4H3,(H,33,39);;/q;2*+1/p-2. The van der Waals surface area contributed by atoms with Crippen molar-refractivity contribution in [3.05, 3.63) is 77.6 Å². The van der Waals surface area contributed by atoms with Crippen molar-refractivity contribution in [2.45, 2.75) is 43.4 Å². The van der Waals surface area contributed by atoms with Crippen LogP contribution in [-0.4, -0.2) is 45.8 Å². The number of aryl methyl sites for hydroxylation is 1. The second kappa shape index (κ2) is 17.4. The van der Waals surface area contributed by atoms with Crippen LogP contribution in [0.5, 0.6) is 0 Å². The Hall–Kier alpha value is -2.13. The Bertz CT molecular complexity index is 1840. The molecule has 14 nitrogen and oxygen atoms in total. The maximum absolute atomic E-state index is 13.1. The zero-order chi connectivity index (χ0) is 33.1. The summed E-state index contributed by atoms with van der Waals surface area (Å²) in [5.41, 5.74) is 5.97. The van der Waals surface area contributed by atoms with Gasteiger partial charge in [0, 0.05) is 51.3 Å². The largest absolute Gasteiger partial charge is 1.00 e. The quantitative estimate of drug-likeness (QED) is 0.0866. The Morgan fingerprint density at radius 1 is 0.959 bits per heavy atom. The number of fused-ring (bicyclic) bond motifs is 2. The third kappa shape index (κ3) is 9.41. The molecule has 0 aliphatic carbocycles. The van der Waals surface area contributed by atoms with Crippen LogP contribution in [0.15, 0.2) is 80.5 Å². The van der Waals surface area contributed by atoms with Crippen molar-refractivity contribution in [3.63, 3.8) is 0 Å². The van der Waals surface area contributed by atoms with Gasteiger partial charge in [0.05, 0.1) is 35.5 Å². The first-order chi connectivity index (χ1) is 22.6. The fourth-order valence-corrected chi connectivity index (χ4v) is 6.27. The van der Waals surface area contributed by atoms with Crippen LogP contribution in [0.25, 0.3) is 11.4 Å². The number of carbonyl (C=O) groups is 1. The Balaban J connectivity index is 0.00000270. The van der Waals surface area contributed by atoms with Crippen LogP contribution in [-0.2, 0) is 25.2 Å². The maximum Gasteiger partial charge on any atom is 1.00 e. The van der Waals surface area contributed by atoms with Crippen molar-refractivity contribution in [1.29, 1.82) is 0 Å². The number of nitrogens with zero attached hydrogens (tertiary/aromatic N) is 6. The molecule has 0 unspecified atom stereocenters. The summed E-state index contributed by atoms with van der Waals surface area (Å²) in [6.07, 6.45) is 2.12. The van der Waals surface area contributed by atoms with Crippen LogP contribution in [0.2, 0.25) is 0 Å². The van der Waals surface area contributed by atoms with E-state index in [0.29, 0.717) is 56.9 Å². The van der Waals surface area contributed by atoms with Gasteiger partial charge in [0.15, 0.2) is 5.82 Å². The van der Waals surface area contributed by atoms with E-state index in [1.807, 2.05) is 6.07 Å². The van der Waals surface area contributed by atoms with Gasteiger partial charge in [-0.1, -0.05) is 20.8 Å². The number of anilines is 2. The molecule has 0 radical (unpaired) electrons. The third-order valence-electron chi connectivity index (χ3n) is 7.45. The van der Waals surface area contributed by atoms with E-state index in [-0.39, 0.29) is 70.1 Å². The first-order valence-electron chi connectivity index (χ1n) is 14.5. The molecule has 0 saturated carbocycles. The molecule has 1 aromatic heterocycles. The van der Waals surface area contributed by atoms with Gasteiger partial charge in [0.25, 0.3) is 5.91 Å². The second-order valence-electron chi connectivity index (χ2n) is 11.8. The van der Waals surface area contributed by atoms with Crippen molar-refractivity contribution in [2.24, 2.45) is 15.5 Å². The molecule has 2 aliphatic heterocycles. The Morgan fingerprint density at radius 3 is 2.27 bits per heavy atom. The monoisotopic (exact) mass is 721 g/mol. The minimum Gasteiger partial charge on any atom is -0.691 e. The van der Waals surface area contributed by atoms with Crippen LogP contribution in [0.3, 0.4) is 0 Å². The summed E-state index contributed by atoms with van der Waals surface area (Å²) in [6.45, 7) is 7.30. The summed E-state index contributed by atoms with van der Waals surface area (Å²) in [5.74, 6) is 0.550. The summed E-state index contributed by atoms with van der Waals surface area (Å²) < 4.78 is 8.70. The van der Waals surface area contributed by atoms with Gasteiger partial charge in [-0.25, -0.2) is 9.98 Å². The predicted molar refractivity (Wildman–Crippen MR) is 172 cm³/mol. The number of amides is 1. The summed E-state index contributed by atoms with van der Waals surface area (Å²) in [6, 6.07) is 17.8. The van der Waals surface area contributed by atoms with Crippen LogP contribution >= 0.6 is 24.1 Å². The number of carbonyl (C=O) groups excluding carboxylic acids is 1. The first kappa shape index (κ1) is 39.7. The molecule has 0 saturated heterocycles. The summed E-state index contributed by atoms with van der Waals surface area (Å²) in [4.78, 5) is 27.4. The number of aliphatic imine (C=N–C) groups is 1. The van der Waals surface area contributed by atoms with Crippen molar-refractivity contribution >= 4 is 58.5 Å². The van der Waals surface area contributed by atoms with E-state index in [4.69, 9.17) is 15.1 Å². The van der Waals surface area contributed by atoms with Crippen molar-refractivity contribution < 1.29 is 93.2 Å². The fourth-order valence-electron chi connectivity index (χ4n) is 5.28. The normalized spacial score (nSPS) is 14.4. The number of nitrogens with one attached hydrogen (secondary N) is 1. The molecule has 18 heteroatoms. The Labute approximate surface area is 335 Å². The topological polar surface area (TPSA) is 171 Å². The fraction of sp³-hybridized carbons (Fsp3) is 0.258. The van der Waals surface area contributed by atoms with Crippen molar-refractivity contribution in [3.8, 4) is 11.4 Å². The number of hydrogen-bond acceptors (Lipinski definition) is 14. The first-order valence-corrected chi connectivity index (χ1v) is 15.9. The van der Waals surface area contributed by atoms with E-state index < -0.39 is 5.91 Å². The molecule has 3 heterocycles. The summed E-state index contributed by atoms with van der Waals surface area (Å²) in [7, 11) is 2.11. The number of benzene rings is 3. The van der Waals surface area contributed by atoms with Gasteiger partial charge in [0.2, 0.25) is 5.82 Å². The number of aromatic nitrogens is 3. The average Bonchev–Trinajstić information content (AvgIpc) is 3.62. The van der Waals surface area contributed by atoms with Crippen LogP contribution in [0, 0.1) is 5.41 Å². The molecule has 0 spiro atoms. The summed E-state index contributed by atoms with van der Waals surface area (Å²) in [5, 5.41) is 39.5. The average molecular weight is 722 g/mol. The van der Waals surface area contributed by atoms with Gasteiger partial charge in [-0.3, -0.25) is 14.9 Å². The molecule has 0 atom stereocenters. The Kier molecular flexibility index (Phi) is 14.1. The maximum atomic E-state index is 13.1. The minimum absolute atomic E-state index is 0. The molecule has 6 rings (SSSR count). The molecule has 0 fully saturated rings. The van der Waals surface area contributed by atoms with Gasteiger partial charge in [-0.05, 0) is 79.1 Å². The van der Waals surface area contributed by atoms with Gasteiger partial charge in [-0.2, -0.15) is 13.8 Å². The molecular formula is C31H29N7Na2O7S2. The van der Waals surface area contributed by atoms with Gasteiger partial charge in [0.1, 0.15) is 5.71 Å². The van der Waals surface area contributed by atoms with Crippen LogP contribution in [0.1, 0.15) is 48.9 Å². The summed E-state index contributed by atoms with van der Waals surface area (Å²) >= 11 is 1.17. The van der Waals surface area contributed by atoms with E-state index in [1.165, 1.54) is 34.2 Å². The molecule has 1 N–H and O–H groups in total. The second-order valence-corrected chi connectivity index (χ2v) is 13.4. The number of hydrogen-bond donors (Lipinski definition) is 1. The predicted octanol–water partition coefficient (Wildman–Crippen LogP) is -1.57. The third-order valence-corrected chi connectivity index (χ3v) is 8.55. The minimum atomic E-state index is -0.467. The van der Waals surface area contributed by atoms with E-state index in [1.54, 1.807) is 24.3 Å². The SMILES string of the molecule is CN1CCCc2cc(N=C3C(C(C)(C)C)=Nn4nc(-c5ccc(NC(=O)c6cc(SOO[O-])cc(SOO[O-])c6)cc5)nc43)ccc21.[Na+].[Na+]. The molecule has 3 aromatic carbocycles. The zero-order valence-electron chi connectivity index (χ0n) is 27.8. The molecule has 49 heavy (non-hydrogen) atoms. The molecule has 2 aliphatic rings. The Morgan fingerprint density at radius 2 is 1.63 bits per heavy atom. The van der Waals surface area contributed by atoms with Crippen molar-refractivity contribution in [2.75, 3.05) is 23.8 Å². The molecule has 4 aromatic rings. The molecule has 1 amide bonds. The van der Waals surface area contributed by atoms with Gasteiger partial charge < -0.3 is 20.7 Å². The van der Waals surface area contributed by atoms with Gasteiger partial charge in [-0.15, -0.1) is 9.89 Å². The molecular weight excluding hydrogens is 692 g/mol. The van der Waals surface area contributed by atoms with E-state index >= 15 is 0 Å². The van der Waals surface area contributed by atoms with E-state index in [9.17, 15) is 15.3 Å². The van der Waals surface area contributed by atoms with Crippen LogP contribution in [0.4, 0.5) is 17.1 Å². The van der Waals surface area contributed by atoms with Crippen LogP contribution < -0.4 is 79.8 Å².